The third-order valence-corrected chi connectivity index (χ3v) is 2.93. The number of rotatable bonds is 7. The minimum atomic E-state index is -1.01. The third-order valence-electron chi connectivity index (χ3n) is 1.83. The van der Waals surface area contributed by atoms with E-state index in [1.807, 2.05) is 0 Å². The lowest BCUT2D eigenvalue weighted by Crippen LogP contribution is -2.56. The molecule has 0 rings (SSSR count). The van der Waals surface area contributed by atoms with Crippen LogP contribution in [-0.4, -0.2) is 58.2 Å². The van der Waals surface area contributed by atoms with Crippen molar-refractivity contribution >= 4 is 42.2 Å². The van der Waals surface area contributed by atoms with Crippen molar-refractivity contribution in [3.8, 4) is 0 Å². The summed E-state index contributed by atoms with van der Waals surface area (Å²) in [5.74, 6) is 0.592. The molecule has 88 valence electrons. The number of hydrogen-bond acceptors (Lipinski definition) is 6. The fraction of sp³-hybridized carbons (Fsp3) is 1.00. The maximum Gasteiger partial charge on any atom is 0.0882 e. The highest BCUT2D eigenvalue weighted by Gasteiger charge is 2.27. The molecular formula is C7H18BrNO3S2. The van der Waals surface area contributed by atoms with E-state index in [0.717, 1.165) is 0 Å². The van der Waals surface area contributed by atoms with E-state index in [4.69, 9.17) is 15.3 Å². The van der Waals surface area contributed by atoms with Crippen molar-refractivity contribution in [1.29, 1.82) is 0 Å². The quantitative estimate of drug-likeness (QED) is 0.345. The summed E-state index contributed by atoms with van der Waals surface area (Å²) in [7, 11) is 0. The fourth-order valence-electron chi connectivity index (χ4n) is 0.717. The van der Waals surface area contributed by atoms with Gasteiger partial charge in [-0.1, -0.05) is 0 Å². The molecule has 0 heterocycles. The van der Waals surface area contributed by atoms with Crippen LogP contribution in [0.1, 0.15) is 0 Å². The molecule has 0 spiro atoms. The molecule has 4 N–H and O–H groups in total. The molecule has 0 aromatic carbocycles. The summed E-state index contributed by atoms with van der Waals surface area (Å²) in [6.45, 7) is -0.457. The Morgan fingerprint density at radius 2 is 1.57 bits per heavy atom. The van der Waals surface area contributed by atoms with E-state index in [2.05, 4.69) is 30.6 Å². The molecule has 0 saturated heterocycles. The molecule has 0 amide bonds. The monoisotopic (exact) mass is 307 g/mol. The molecule has 7 heteroatoms. The Morgan fingerprint density at radius 3 is 1.86 bits per heavy atom. The highest BCUT2D eigenvalue weighted by Crippen LogP contribution is 2.03. The van der Waals surface area contributed by atoms with Crippen LogP contribution < -0.4 is 5.32 Å². The number of hydrogen-bond donors (Lipinski definition) is 6. The van der Waals surface area contributed by atoms with Crippen LogP contribution >= 0.6 is 42.2 Å². The van der Waals surface area contributed by atoms with Crippen molar-refractivity contribution in [2.24, 2.45) is 0 Å². The molecule has 0 aliphatic carbocycles. The first-order valence-corrected chi connectivity index (χ1v) is 5.15. The molecule has 0 aliphatic heterocycles. The highest BCUT2D eigenvalue weighted by molar-refractivity contribution is 8.93. The Morgan fingerprint density at radius 1 is 1.14 bits per heavy atom. The maximum absolute atomic E-state index is 8.94. The summed E-state index contributed by atoms with van der Waals surface area (Å²) in [6, 6.07) is 0. The van der Waals surface area contributed by atoms with Gasteiger partial charge in [0.15, 0.2) is 0 Å². The van der Waals surface area contributed by atoms with Gasteiger partial charge in [-0.2, -0.15) is 25.3 Å². The normalized spacial score (nSPS) is 13.5. The molecule has 0 fully saturated rings. The summed E-state index contributed by atoms with van der Waals surface area (Å²) < 4.78 is 0. The van der Waals surface area contributed by atoms with Crippen LogP contribution in [0.25, 0.3) is 0 Å². The molecule has 0 bridgehead atoms. The van der Waals surface area contributed by atoms with Crippen molar-refractivity contribution in [3.05, 3.63) is 0 Å². The lowest BCUT2D eigenvalue weighted by molar-refractivity contribution is 0.0432. The predicted octanol–water partition coefficient (Wildman–Crippen LogP) is -0.902. The van der Waals surface area contributed by atoms with Crippen molar-refractivity contribution in [3.63, 3.8) is 0 Å². The van der Waals surface area contributed by atoms with Gasteiger partial charge >= 0.3 is 0 Å². The van der Waals surface area contributed by atoms with Gasteiger partial charge in [-0.05, 0) is 0 Å². The topological polar surface area (TPSA) is 72.7 Å². The minimum absolute atomic E-state index is 0. The average Bonchev–Trinajstić information content (AvgIpc) is 2.20. The summed E-state index contributed by atoms with van der Waals surface area (Å²) >= 11 is 8.20. The van der Waals surface area contributed by atoms with Gasteiger partial charge in [0, 0.05) is 17.5 Å². The van der Waals surface area contributed by atoms with E-state index < -0.39 is 5.54 Å². The lowest BCUT2D eigenvalue weighted by Gasteiger charge is -2.29. The highest BCUT2D eigenvalue weighted by atomic mass is 79.9. The lowest BCUT2D eigenvalue weighted by atomic mass is 10.0. The Kier molecular flexibility index (Phi) is 11.5. The number of halogens is 1. The molecule has 0 aromatic rings. The van der Waals surface area contributed by atoms with Crippen LogP contribution in [0, 0.1) is 0 Å². The van der Waals surface area contributed by atoms with E-state index in [1.165, 1.54) is 0 Å². The first-order chi connectivity index (χ1) is 6.14. The van der Waals surface area contributed by atoms with Gasteiger partial charge in [0.2, 0.25) is 0 Å². The van der Waals surface area contributed by atoms with Gasteiger partial charge in [-0.25, -0.2) is 0 Å². The third kappa shape index (κ3) is 5.79. The molecule has 14 heavy (non-hydrogen) atoms. The number of aliphatic hydroxyl groups is 3. The van der Waals surface area contributed by atoms with E-state index in [1.54, 1.807) is 0 Å². The molecule has 4 nitrogen and oxygen atoms in total. The number of nitrogens with one attached hydrogen (secondary N) is 1. The first kappa shape index (κ1) is 17.4. The summed E-state index contributed by atoms with van der Waals surface area (Å²) in [5.41, 5.74) is -1.01. The van der Waals surface area contributed by atoms with Gasteiger partial charge in [0.05, 0.1) is 25.4 Å². The molecule has 1 atom stereocenters. The van der Waals surface area contributed by atoms with Gasteiger partial charge in [0.25, 0.3) is 0 Å². The smallest absolute Gasteiger partial charge is 0.0882 e. The number of aliphatic hydroxyl groups excluding tert-OH is 3. The molecule has 0 aromatic heterocycles. The maximum atomic E-state index is 8.94. The summed E-state index contributed by atoms with van der Waals surface area (Å²) in [6.07, 6.45) is 0. The number of thiol groups is 2. The Bertz CT molecular complexity index is 130. The Hall–Kier alpha value is 1.02. The second-order valence-corrected chi connectivity index (χ2v) is 4.07. The van der Waals surface area contributed by atoms with E-state index in [0.29, 0.717) is 12.3 Å². The van der Waals surface area contributed by atoms with Crippen molar-refractivity contribution in [2.45, 2.75) is 10.8 Å². The molecule has 1 unspecified atom stereocenters. The molecule has 0 aliphatic rings. The van der Waals surface area contributed by atoms with Gasteiger partial charge in [-0.3, -0.25) is 0 Å². The average molecular weight is 308 g/mol. The van der Waals surface area contributed by atoms with E-state index >= 15 is 0 Å². The fourth-order valence-corrected chi connectivity index (χ4v) is 0.937. The van der Waals surface area contributed by atoms with Crippen LogP contribution in [0.15, 0.2) is 0 Å². The van der Waals surface area contributed by atoms with Crippen LogP contribution in [0.4, 0.5) is 0 Å². The standard InChI is InChI=1S/C7H17NO3S2.BrH/c9-3-7(4-10,5-11)8-1-6(13)2-12;/h6,8-13H,1-5H2;1H. The Balaban J connectivity index is 0. The van der Waals surface area contributed by atoms with Crippen LogP contribution in [0.3, 0.4) is 0 Å². The second kappa shape index (κ2) is 9.26. The zero-order valence-corrected chi connectivity index (χ0v) is 11.3. The van der Waals surface area contributed by atoms with Crippen LogP contribution in [0.5, 0.6) is 0 Å². The zero-order valence-electron chi connectivity index (χ0n) is 7.76. The second-order valence-electron chi connectivity index (χ2n) is 2.97. The summed E-state index contributed by atoms with van der Waals surface area (Å²) in [4.78, 5) is 0. The van der Waals surface area contributed by atoms with E-state index in [-0.39, 0.29) is 42.1 Å². The van der Waals surface area contributed by atoms with Crippen molar-refractivity contribution in [2.75, 3.05) is 32.1 Å². The molecule has 0 radical (unpaired) electrons. The van der Waals surface area contributed by atoms with Gasteiger partial charge in [-0.15, -0.1) is 17.0 Å². The van der Waals surface area contributed by atoms with Crippen molar-refractivity contribution < 1.29 is 15.3 Å². The van der Waals surface area contributed by atoms with Gasteiger partial charge in [0.1, 0.15) is 0 Å². The van der Waals surface area contributed by atoms with E-state index in [9.17, 15) is 0 Å². The molecular weight excluding hydrogens is 290 g/mol. The first-order valence-electron chi connectivity index (χ1n) is 4.00. The Labute approximate surface area is 106 Å². The van der Waals surface area contributed by atoms with Crippen molar-refractivity contribution in [1.82, 2.24) is 5.32 Å². The van der Waals surface area contributed by atoms with Gasteiger partial charge < -0.3 is 20.6 Å². The molecule has 0 saturated carbocycles. The summed E-state index contributed by atoms with van der Waals surface area (Å²) in [5, 5.41) is 29.7. The SMILES string of the molecule is Br.OCC(CO)(CO)NCC(S)CS. The predicted molar refractivity (Wildman–Crippen MR) is 68.9 cm³/mol. The van der Waals surface area contributed by atoms with Crippen LogP contribution in [-0.2, 0) is 0 Å². The largest absolute Gasteiger partial charge is 0.394 e. The minimum Gasteiger partial charge on any atom is -0.394 e. The van der Waals surface area contributed by atoms with Crippen LogP contribution in [0.2, 0.25) is 0 Å². The zero-order chi connectivity index (χ0) is 10.3.